The first-order chi connectivity index (χ1) is 13.4. The summed E-state index contributed by atoms with van der Waals surface area (Å²) < 4.78 is 10.5. The van der Waals surface area contributed by atoms with Gasteiger partial charge < -0.3 is 19.7 Å². The maximum atomic E-state index is 12.7. The second kappa shape index (κ2) is 8.43. The number of nitrogens with one attached hydrogen (secondary N) is 1. The van der Waals surface area contributed by atoms with E-state index in [1.807, 2.05) is 6.07 Å². The molecule has 0 saturated heterocycles. The molecule has 0 saturated carbocycles. The molecule has 0 fully saturated rings. The van der Waals surface area contributed by atoms with Crippen molar-refractivity contribution in [1.82, 2.24) is 0 Å². The number of ether oxygens (including phenoxy) is 2. The van der Waals surface area contributed by atoms with Gasteiger partial charge in [-0.05, 0) is 55.3 Å². The van der Waals surface area contributed by atoms with Gasteiger partial charge in [0, 0.05) is 23.5 Å². The molecule has 146 valence electrons. The number of halogens is 1. The second-order valence-electron chi connectivity index (χ2n) is 6.15. The van der Waals surface area contributed by atoms with Crippen LogP contribution in [0.5, 0.6) is 5.75 Å². The second-order valence-corrected chi connectivity index (χ2v) is 7.06. The molecule has 1 aliphatic heterocycles. The smallest absolute Gasteiger partial charge is 0.434 e. The molecule has 1 aliphatic rings. The van der Waals surface area contributed by atoms with Crippen molar-refractivity contribution in [2.24, 2.45) is 0 Å². The van der Waals surface area contributed by atoms with Gasteiger partial charge in [0.15, 0.2) is 0 Å². The lowest BCUT2D eigenvalue weighted by Gasteiger charge is -2.19. The van der Waals surface area contributed by atoms with E-state index in [2.05, 4.69) is 21.2 Å². The van der Waals surface area contributed by atoms with E-state index in [9.17, 15) is 14.4 Å². The van der Waals surface area contributed by atoms with E-state index in [0.717, 1.165) is 22.1 Å². The number of amides is 2. The van der Waals surface area contributed by atoms with Crippen LogP contribution in [-0.2, 0) is 16.0 Å². The van der Waals surface area contributed by atoms with Gasteiger partial charge in [-0.25, -0.2) is 4.79 Å². The fourth-order valence-electron chi connectivity index (χ4n) is 3.03. The molecule has 8 heteroatoms. The van der Waals surface area contributed by atoms with Crippen molar-refractivity contribution in [2.45, 2.75) is 20.3 Å². The Labute approximate surface area is 170 Å². The summed E-state index contributed by atoms with van der Waals surface area (Å²) in [6.07, 6.45) is -0.0642. The van der Waals surface area contributed by atoms with E-state index in [4.69, 9.17) is 9.47 Å². The maximum Gasteiger partial charge on any atom is 0.513 e. The van der Waals surface area contributed by atoms with E-state index in [-0.39, 0.29) is 24.2 Å². The van der Waals surface area contributed by atoms with Crippen molar-refractivity contribution >= 4 is 45.3 Å². The Kier molecular flexibility index (Phi) is 5.99. The SMILES string of the molecule is CCOC(=O)Oc1ccc(C(=O)Nc2cc(Br)cc3c2N(C(C)=O)CC3)cc1. The summed E-state index contributed by atoms with van der Waals surface area (Å²) >= 11 is 3.45. The predicted molar refractivity (Wildman–Crippen MR) is 108 cm³/mol. The molecule has 28 heavy (non-hydrogen) atoms. The van der Waals surface area contributed by atoms with Gasteiger partial charge in [-0.15, -0.1) is 0 Å². The third kappa shape index (κ3) is 4.33. The number of nitrogens with zero attached hydrogens (tertiary/aromatic N) is 1. The van der Waals surface area contributed by atoms with Gasteiger partial charge >= 0.3 is 6.16 Å². The zero-order valence-corrected chi connectivity index (χ0v) is 17.0. The van der Waals surface area contributed by atoms with Crippen LogP contribution in [0.25, 0.3) is 0 Å². The molecule has 0 bridgehead atoms. The van der Waals surface area contributed by atoms with Crippen LogP contribution in [0.4, 0.5) is 16.2 Å². The third-order valence-electron chi connectivity index (χ3n) is 4.24. The van der Waals surface area contributed by atoms with E-state index >= 15 is 0 Å². The van der Waals surface area contributed by atoms with Crippen LogP contribution in [0.2, 0.25) is 0 Å². The Bertz CT molecular complexity index is 927. The first-order valence-electron chi connectivity index (χ1n) is 8.75. The molecule has 7 nitrogen and oxygen atoms in total. The quantitative estimate of drug-likeness (QED) is 0.563. The average Bonchev–Trinajstić information content (AvgIpc) is 3.06. The molecular formula is C20H19BrN2O5. The monoisotopic (exact) mass is 446 g/mol. The van der Waals surface area contributed by atoms with E-state index < -0.39 is 6.16 Å². The fourth-order valence-corrected chi connectivity index (χ4v) is 3.54. The van der Waals surface area contributed by atoms with Crippen LogP contribution >= 0.6 is 15.9 Å². The molecule has 0 aromatic heterocycles. The lowest BCUT2D eigenvalue weighted by Crippen LogP contribution is -2.27. The topological polar surface area (TPSA) is 84.9 Å². The van der Waals surface area contributed by atoms with Crippen molar-refractivity contribution in [2.75, 3.05) is 23.4 Å². The van der Waals surface area contributed by atoms with Gasteiger partial charge in [-0.3, -0.25) is 9.59 Å². The summed E-state index contributed by atoms with van der Waals surface area (Å²) in [5.41, 5.74) is 2.68. The highest BCUT2D eigenvalue weighted by molar-refractivity contribution is 9.10. The number of carbonyl (C=O) groups excluding carboxylic acids is 3. The van der Waals surface area contributed by atoms with Crippen LogP contribution in [-0.4, -0.2) is 31.1 Å². The van der Waals surface area contributed by atoms with Crippen LogP contribution in [0.1, 0.15) is 29.8 Å². The standard InChI is InChI=1S/C20H19BrN2O5/c1-3-27-20(26)28-16-6-4-13(5-7-16)19(25)22-17-11-15(21)10-14-8-9-23(12(2)24)18(14)17/h4-7,10-11H,3,8-9H2,1-2H3,(H,22,25). The highest BCUT2D eigenvalue weighted by atomic mass is 79.9. The third-order valence-corrected chi connectivity index (χ3v) is 4.69. The summed E-state index contributed by atoms with van der Waals surface area (Å²) in [6, 6.07) is 9.85. The molecule has 0 unspecified atom stereocenters. The van der Waals surface area contributed by atoms with Gasteiger partial charge in [0.2, 0.25) is 5.91 Å². The minimum atomic E-state index is -0.797. The minimum Gasteiger partial charge on any atom is -0.434 e. The van der Waals surface area contributed by atoms with Crippen molar-refractivity contribution in [1.29, 1.82) is 0 Å². The van der Waals surface area contributed by atoms with Crippen LogP contribution in [0.3, 0.4) is 0 Å². The number of benzene rings is 2. The summed E-state index contributed by atoms with van der Waals surface area (Å²) in [5.74, 6) is -0.128. The van der Waals surface area contributed by atoms with Crippen molar-refractivity contribution in [3.8, 4) is 5.75 Å². The molecule has 1 heterocycles. The van der Waals surface area contributed by atoms with Crippen molar-refractivity contribution in [3.63, 3.8) is 0 Å². The average molecular weight is 447 g/mol. The normalized spacial score (nSPS) is 12.3. The van der Waals surface area contributed by atoms with Gasteiger partial charge in [0.05, 0.1) is 18.0 Å². The number of hydrogen-bond acceptors (Lipinski definition) is 5. The van der Waals surface area contributed by atoms with Crippen LogP contribution in [0, 0.1) is 0 Å². The number of fused-ring (bicyclic) bond motifs is 1. The van der Waals surface area contributed by atoms with Gasteiger partial charge in [0.25, 0.3) is 5.91 Å². The number of anilines is 2. The molecule has 2 aromatic rings. The summed E-state index contributed by atoms with van der Waals surface area (Å²) in [7, 11) is 0. The van der Waals surface area contributed by atoms with Crippen molar-refractivity contribution in [3.05, 3.63) is 52.0 Å². The van der Waals surface area contributed by atoms with E-state index in [1.54, 1.807) is 30.0 Å². The molecule has 3 rings (SSSR count). The molecular weight excluding hydrogens is 428 g/mol. The fraction of sp³-hybridized carbons (Fsp3) is 0.250. The minimum absolute atomic E-state index is 0.0722. The molecule has 2 aromatic carbocycles. The highest BCUT2D eigenvalue weighted by Crippen LogP contribution is 2.38. The van der Waals surface area contributed by atoms with E-state index in [0.29, 0.717) is 17.8 Å². The predicted octanol–water partition coefficient (Wildman–Crippen LogP) is 4.15. The van der Waals surface area contributed by atoms with E-state index in [1.165, 1.54) is 19.1 Å². The number of rotatable bonds is 4. The van der Waals surface area contributed by atoms with Crippen LogP contribution in [0.15, 0.2) is 40.9 Å². The Morgan fingerprint density at radius 2 is 1.89 bits per heavy atom. The molecule has 0 aliphatic carbocycles. The number of carbonyl (C=O) groups is 3. The molecule has 1 N–H and O–H groups in total. The lowest BCUT2D eigenvalue weighted by molar-refractivity contribution is -0.116. The maximum absolute atomic E-state index is 12.7. The molecule has 2 amide bonds. The summed E-state index contributed by atoms with van der Waals surface area (Å²) in [6.45, 7) is 3.99. The van der Waals surface area contributed by atoms with Gasteiger partial charge in [-0.2, -0.15) is 0 Å². The lowest BCUT2D eigenvalue weighted by atomic mass is 10.1. The van der Waals surface area contributed by atoms with Gasteiger partial charge in [0.1, 0.15) is 5.75 Å². The first-order valence-corrected chi connectivity index (χ1v) is 9.55. The Morgan fingerprint density at radius 1 is 1.18 bits per heavy atom. The largest absolute Gasteiger partial charge is 0.513 e. The number of hydrogen-bond donors (Lipinski definition) is 1. The molecule has 0 radical (unpaired) electrons. The van der Waals surface area contributed by atoms with Crippen molar-refractivity contribution < 1.29 is 23.9 Å². The Morgan fingerprint density at radius 3 is 2.54 bits per heavy atom. The first kappa shape index (κ1) is 19.9. The summed E-state index contributed by atoms with van der Waals surface area (Å²) in [4.78, 5) is 37.6. The molecule has 0 atom stereocenters. The zero-order chi connectivity index (χ0) is 20.3. The van der Waals surface area contributed by atoms with Crippen LogP contribution < -0.4 is 15.0 Å². The Balaban J connectivity index is 1.79. The Hall–Kier alpha value is -2.87. The van der Waals surface area contributed by atoms with Gasteiger partial charge in [-0.1, -0.05) is 15.9 Å². The zero-order valence-electron chi connectivity index (χ0n) is 15.5. The summed E-state index contributed by atoms with van der Waals surface area (Å²) in [5, 5.41) is 2.87. The molecule has 0 spiro atoms. The highest BCUT2D eigenvalue weighted by Gasteiger charge is 2.26.